The second kappa shape index (κ2) is 8.41. The Balaban J connectivity index is 1.74. The Hall–Kier alpha value is -2.58. The summed E-state index contributed by atoms with van der Waals surface area (Å²) in [4.78, 5) is 0. The van der Waals surface area contributed by atoms with Gasteiger partial charge in [-0.2, -0.15) is 0 Å². The van der Waals surface area contributed by atoms with Gasteiger partial charge in [0.15, 0.2) is 11.5 Å². The number of halogens is 3. The molecular weight excluding hydrogens is 396 g/mol. The summed E-state index contributed by atoms with van der Waals surface area (Å²) in [5.74, 6) is 0.961. The Kier molecular flexibility index (Phi) is 5.98. The van der Waals surface area contributed by atoms with Crippen LogP contribution in [0, 0.1) is 5.82 Å². The molecule has 142 valence electrons. The molecule has 2 aromatic carbocycles. The van der Waals surface area contributed by atoms with Gasteiger partial charge in [-0.25, -0.2) is 9.07 Å². The van der Waals surface area contributed by atoms with E-state index in [9.17, 15) is 4.39 Å². The largest absolute Gasteiger partial charge is 0.493 e. The van der Waals surface area contributed by atoms with E-state index in [1.54, 1.807) is 25.2 Å². The van der Waals surface area contributed by atoms with Gasteiger partial charge < -0.3 is 14.8 Å². The van der Waals surface area contributed by atoms with Crippen LogP contribution < -0.4 is 14.8 Å². The van der Waals surface area contributed by atoms with Gasteiger partial charge in [-0.1, -0.05) is 34.4 Å². The molecule has 0 aliphatic heterocycles. The van der Waals surface area contributed by atoms with Crippen molar-refractivity contribution in [1.29, 1.82) is 0 Å². The fourth-order valence-corrected chi connectivity index (χ4v) is 2.87. The van der Waals surface area contributed by atoms with Crippen molar-refractivity contribution in [2.24, 2.45) is 7.05 Å². The molecule has 3 rings (SSSR count). The van der Waals surface area contributed by atoms with Gasteiger partial charge in [0.1, 0.15) is 12.4 Å². The van der Waals surface area contributed by atoms with Crippen LogP contribution in [-0.2, 0) is 20.2 Å². The van der Waals surface area contributed by atoms with Gasteiger partial charge in [0.2, 0.25) is 5.95 Å². The highest BCUT2D eigenvalue weighted by atomic mass is 35.5. The zero-order chi connectivity index (χ0) is 19.4. The number of tetrazole rings is 1. The summed E-state index contributed by atoms with van der Waals surface area (Å²) in [5.41, 5.74) is 1.49. The van der Waals surface area contributed by atoms with Crippen LogP contribution in [0.3, 0.4) is 0 Å². The van der Waals surface area contributed by atoms with Gasteiger partial charge in [0.25, 0.3) is 0 Å². The van der Waals surface area contributed by atoms with Crippen molar-refractivity contribution in [3.63, 3.8) is 0 Å². The van der Waals surface area contributed by atoms with Crippen LogP contribution in [-0.4, -0.2) is 27.3 Å². The molecule has 7 nitrogen and oxygen atoms in total. The number of benzene rings is 2. The predicted octanol–water partition coefficient (Wildman–Crippen LogP) is 3.86. The molecule has 3 aromatic rings. The van der Waals surface area contributed by atoms with E-state index in [-0.39, 0.29) is 11.6 Å². The van der Waals surface area contributed by atoms with Crippen LogP contribution in [0.5, 0.6) is 11.5 Å². The third-order valence-corrected chi connectivity index (χ3v) is 4.38. The first-order valence-corrected chi connectivity index (χ1v) is 8.63. The van der Waals surface area contributed by atoms with Crippen molar-refractivity contribution >= 4 is 29.2 Å². The topological polar surface area (TPSA) is 74.1 Å². The highest BCUT2D eigenvalue weighted by molar-refractivity contribution is 6.32. The normalized spacial score (nSPS) is 10.7. The van der Waals surface area contributed by atoms with E-state index in [1.165, 1.54) is 23.9 Å². The Morgan fingerprint density at radius 3 is 2.67 bits per heavy atom. The molecule has 0 spiro atoms. The van der Waals surface area contributed by atoms with Gasteiger partial charge in [-0.05, 0) is 40.3 Å². The van der Waals surface area contributed by atoms with Crippen LogP contribution in [0.4, 0.5) is 10.3 Å². The summed E-state index contributed by atoms with van der Waals surface area (Å²) in [6.07, 6.45) is 0. The van der Waals surface area contributed by atoms with Gasteiger partial charge in [0.05, 0.1) is 17.2 Å². The molecule has 0 unspecified atom stereocenters. The third-order valence-electron chi connectivity index (χ3n) is 3.75. The maximum absolute atomic E-state index is 13.2. The highest BCUT2D eigenvalue weighted by Crippen LogP contribution is 2.37. The lowest BCUT2D eigenvalue weighted by Crippen LogP contribution is -2.06. The summed E-state index contributed by atoms with van der Waals surface area (Å²) in [6.45, 7) is 0.561. The number of nitrogens with zero attached hydrogens (tertiary/aromatic N) is 4. The highest BCUT2D eigenvalue weighted by Gasteiger charge is 2.14. The second-order valence-corrected chi connectivity index (χ2v) is 6.43. The van der Waals surface area contributed by atoms with Gasteiger partial charge in [-0.15, -0.1) is 0 Å². The van der Waals surface area contributed by atoms with Crippen molar-refractivity contribution in [2.45, 2.75) is 13.2 Å². The molecule has 0 aliphatic carbocycles. The Bertz CT molecular complexity index is 951. The van der Waals surface area contributed by atoms with E-state index >= 15 is 0 Å². The maximum atomic E-state index is 13.2. The molecule has 0 saturated carbocycles. The lowest BCUT2D eigenvalue weighted by atomic mass is 10.2. The summed E-state index contributed by atoms with van der Waals surface area (Å²) in [6, 6.07) is 7.66. The third kappa shape index (κ3) is 4.58. The quantitative estimate of drug-likeness (QED) is 0.636. The number of methoxy groups -OCH3 is 1. The fourth-order valence-electron chi connectivity index (χ4n) is 2.36. The lowest BCUT2D eigenvalue weighted by molar-refractivity contribution is 0.284. The van der Waals surface area contributed by atoms with Crippen LogP contribution in [0.15, 0.2) is 30.3 Å². The number of aromatic nitrogens is 4. The average Bonchev–Trinajstić information content (AvgIpc) is 3.05. The number of nitrogens with one attached hydrogen (secondary N) is 1. The monoisotopic (exact) mass is 411 g/mol. The SMILES string of the molecule is COc1cc(CNc2nnnn2C)cc(Cl)c1OCc1ccc(F)cc1Cl. The molecule has 0 bridgehead atoms. The van der Waals surface area contributed by atoms with Crippen molar-refractivity contribution in [2.75, 3.05) is 12.4 Å². The van der Waals surface area contributed by atoms with Gasteiger partial charge in [-0.3, -0.25) is 0 Å². The molecule has 0 fully saturated rings. The number of aryl methyl sites for hydroxylation is 1. The molecule has 0 amide bonds. The van der Waals surface area contributed by atoms with Crippen molar-refractivity contribution in [1.82, 2.24) is 20.2 Å². The number of rotatable bonds is 7. The number of ether oxygens (including phenoxy) is 2. The second-order valence-electron chi connectivity index (χ2n) is 5.61. The Labute approximate surface area is 165 Å². The van der Waals surface area contributed by atoms with E-state index in [0.717, 1.165) is 5.56 Å². The molecule has 1 heterocycles. The number of hydrogen-bond acceptors (Lipinski definition) is 6. The predicted molar refractivity (Wildman–Crippen MR) is 99.9 cm³/mol. The van der Waals surface area contributed by atoms with E-state index < -0.39 is 5.82 Å². The van der Waals surface area contributed by atoms with Crippen molar-refractivity contribution in [3.05, 3.63) is 57.3 Å². The first-order valence-electron chi connectivity index (χ1n) is 7.87. The minimum atomic E-state index is -0.408. The van der Waals surface area contributed by atoms with Crippen molar-refractivity contribution < 1.29 is 13.9 Å². The fraction of sp³-hybridized carbons (Fsp3) is 0.235. The Morgan fingerprint density at radius 2 is 2.00 bits per heavy atom. The standard InChI is InChI=1S/C17H16Cl2FN5O2/c1-25-17(22-23-24-25)21-8-10-5-14(19)16(15(6-10)26-2)27-9-11-3-4-12(20)7-13(11)18/h3-7H,8-9H2,1-2H3,(H,21,22,24). The minimum Gasteiger partial charge on any atom is -0.493 e. The molecule has 0 saturated heterocycles. The van der Waals surface area contributed by atoms with E-state index in [2.05, 4.69) is 20.8 Å². The number of hydrogen-bond donors (Lipinski definition) is 1. The van der Waals surface area contributed by atoms with Crippen LogP contribution in [0.1, 0.15) is 11.1 Å². The van der Waals surface area contributed by atoms with E-state index in [4.69, 9.17) is 32.7 Å². The molecule has 0 radical (unpaired) electrons. The first kappa shape index (κ1) is 19.2. The van der Waals surface area contributed by atoms with Crippen LogP contribution >= 0.6 is 23.2 Å². The summed E-state index contributed by atoms with van der Waals surface area (Å²) >= 11 is 12.4. The van der Waals surface area contributed by atoms with Crippen molar-refractivity contribution in [3.8, 4) is 11.5 Å². The molecule has 27 heavy (non-hydrogen) atoms. The van der Waals surface area contributed by atoms with E-state index in [1.807, 2.05) is 0 Å². The molecule has 1 aromatic heterocycles. The molecule has 0 atom stereocenters. The van der Waals surface area contributed by atoms with Gasteiger partial charge in [0, 0.05) is 19.2 Å². The molecular formula is C17H16Cl2FN5O2. The number of anilines is 1. The molecule has 10 heteroatoms. The summed E-state index contributed by atoms with van der Waals surface area (Å²) in [5, 5.41) is 14.9. The maximum Gasteiger partial charge on any atom is 0.242 e. The van der Waals surface area contributed by atoms with E-state index in [0.29, 0.717) is 34.6 Å². The first-order chi connectivity index (χ1) is 13.0. The minimum absolute atomic E-state index is 0.122. The smallest absolute Gasteiger partial charge is 0.242 e. The zero-order valence-corrected chi connectivity index (χ0v) is 16.1. The average molecular weight is 412 g/mol. The van der Waals surface area contributed by atoms with Crippen LogP contribution in [0.2, 0.25) is 10.0 Å². The van der Waals surface area contributed by atoms with Gasteiger partial charge >= 0.3 is 0 Å². The summed E-state index contributed by atoms with van der Waals surface area (Å²) in [7, 11) is 3.25. The Morgan fingerprint density at radius 1 is 1.19 bits per heavy atom. The molecule has 1 N–H and O–H groups in total. The zero-order valence-electron chi connectivity index (χ0n) is 14.5. The lowest BCUT2D eigenvalue weighted by Gasteiger charge is -2.15. The molecule has 0 aliphatic rings. The van der Waals surface area contributed by atoms with Crippen LogP contribution in [0.25, 0.3) is 0 Å². The summed E-state index contributed by atoms with van der Waals surface area (Å²) < 4.78 is 25.8.